The van der Waals surface area contributed by atoms with E-state index in [-0.39, 0.29) is 0 Å². The van der Waals surface area contributed by atoms with Crippen LogP contribution in [0, 0.1) is 0 Å². The number of halogens is 3. The molecule has 0 saturated carbocycles. The average molecular weight is 180 g/mol. The summed E-state index contributed by atoms with van der Waals surface area (Å²) in [6, 6.07) is -3.67. The fraction of sp³-hybridized carbons (Fsp3) is 0.750. The smallest absolute Gasteiger partial charge is 0.343 e. The molecule has 0 bridgehead atoms. The van der Waals surface area contributed by atoms with E-state index in [4.69, 9.17) is 5.53 Å². The second-order valence-corrected chi connectivity index (χ2v) is 2.18. The number of β-lactam (4-membered cyclic amide) rings is 1. The van der Waals surface area contributed by atoms with Gasteiger partial charge in [-0.3, -0.25) is 4.79 Å². The molecular formula is C4H3F3N4O. The van der Waals surface area contributed by atoms with Crippen LogP contribution in [-0.2, 0) is 4.79 Å². The van der Waals surface area contributed by atoms with Gasteiger partial charge in [-0.15, -0.1) is 0 Å². The van der Waals surface area contributed by atoms with E-state index in [1.54, 1.807) is 5.32 Å². The Labute approximate surface area is 64.2 Å². The predicted octanol–water partition coefficient (Wildman–Crippen LogP) is 0.726. The summed E-state index contributed by atoms with van der Waals surface area (Å²) in [6.45, 7) is 0. The highest BCUT2D eigenvalue weighted by Crippen LogP contribution is 2.29. The van der Waals surface area contributed by atoms with E-state index in [2.05, 4.69) is 10.0 Å². The number of nitrogens with one attached hydrogen (secondary N) is 1. The number of alkyl halides is 3. The van der Waals surface area contributed by atoms with Crippen LogP contribution in [0.3, 0.4) is 0 Å². The van der Waals surface area contributed by atoms with Gasteiger partial charge in [0.25, 0.3) is 0 Å². The van der Waals surface area contributed by atoms with Crippen LogP contribution >= 0.6 is 0 Å². The molecule has 1 aliphatic heterocycles. The van der Waals surface area contributed by atoms with E-state index in [1.165, 1.54) is 0 Å². The van der Waals surface area contributed by atoms with E-state index in [1.807, 2.05) is 0 Å². The largest absolute Gasteiger partial charge is 0.409 e. The van der Waals surface area contributed by atoms with E-state index >= 15 is 0 Å². The van der Waals surface area contributed by atoms with Gasteiger partial charge in [-0.2, -0.15) is 13.2 Å². The Kier molecular flexibility index (Phi) is 1.85. The predicted molar refractivity (Wildman–Crippen MR) is 30.9 cm³/mol. The van der Waals surface area contributed by atoms with Crippen LogP contribution < -0.4 is 5.32 Å². The van der Waals surface area contributed by atoms with Gasteiger partial charge in [0.15, 0.2) is 0 Å². The number of rotatable bonds is 1. The summed E-state index contributed by atoms with van der Waals surface area (Å²) < 4.78 is 35.5. The van der Waals surface area contributed by atoms with Crippen LogP contribution in [-0.4, -0.2) is 24.2 Å². The van der Waals surface area contributed by atoms with Gasteiger partial charge in [0, 0.05) is 4.91 Å². The Morgan fingerprint density at radius 1 is 1.58 bits per heavy atom. The Balaban J connectivity index is 2.73. The quantitative estimate of drug-likeness (QED) is 0.274. The fourth-order valence-electron chi connectivity index (χ4n) is 0.808. The lowest BCUT2D eigenvalue weighted by Crippen LogP contribution is -2.67. The molecule has 0 aromatic rings. The van der Waals surface area contributed by atoms with Gasteiger partial charge >= 0.3 is 6.18 Å². The molecule has 1 N–H and O–H groups in total. The standard InChI is InChI=1S/C4H3F3N4O/c5-4(6,7)2-1(10-11-8)3(12)9-2/h1-2H,(H,9,12). The van der Waals surface area contributed by atoms with E-state index in [9.17, 15) is 18.0 Å². The van der Waals surface area contributed by atoms with Gasteiger partial charge in [0.05, 0.1) is 0 Å². The molecule has 1 rings (SSSR count). The molecule has 1 amide bonds. The number of hydrogen-bond acceptors (Lipinski definition) is 2. The highest BCUT2D eigenvalue weighted by Gasteiger charge is 2.54. The monoisotopic (exact) mass is 180 g/mol. The fourth-order valence-corrected chi connectivity index (χ4v) is 0.808. The van der Waals surface area contributed by atoms with Crippen molar-refractivity contribution in [1.82, 2.24) is 5.32 Å². The van der Waals surface area contributed by atoms with Crippen LogP contribution in [0.2, 0.25) is 0 Å². The molecule has 1 heterocycles. The molecule has 2 unspecified atom stereocenters. The molecule has 12 heavy (non-hydrogen) atoms. The molecule has 1 aliphatic rings. The molecule has 0 aliphatic carbocycles. The minimum atomic E-state index is -4.55. The minimum absolute atomic E-state index is 0.893. The maximum atomic E-state index is 11.8. The Morgan fingerprint density at radius 2 is 2.17 bits per heavy atom. The SMILES string of the molecule is [N-]=[N+]=NC1C(=O)NC1C(F)(F)F. The topological polar surface area (TPSA) is 77.9 Å². The molecule has 5 nitrogen and oxygen atoms in total. The van der Waals surface area contributed by atoms with Crippen molar-refractivity contribution in [2.24, 2.45) is 5.11 Å². The first-order chi connectivity index (χ1) is 5.46. The summed E-state index contributed by atoms with van der Waals surface area (Å²) in [6.07, 6.45) is -4.55. The summed E-state index contributed by atoms with van der Waals surface area (Å²) in [7, 11) is 0. The third kappa shape index (κ3) is 1.28. The number of azide groups is 1. The first kappa shape index (κ1) is 8.66. The molecule has 0 aromatic carbocycles. The number of nitrogens with zero attached hydrogens (tertiary/aromatic N) is 3. The molecular weight excluding hydrogens is 177 g/mol. The van der Waals surface area contributed by atoms with Crippen LogP contribution in [0.5, 0.6) is 0 Å². The second-order valence-electron chi connectivity index (χ2n) is 2.18. The summed E-state index contributed by atoms with van der Waals surface area (Å²) >= 11 is 0. The zero-order valence-corrected chi connectivity index (χ0v) is 5.54. The minimum Gasteiger partial charge on any atom is -0.343 e. The molecule has 0 radical (unpaired) electrons. The Morgan fingerprint density at radius 3 is 2.50 bits per heavy atom. The summed E-state index contributed by atoms with van der Waals surface area (Å²) in [4.78, 5) is 12.5. The highest BCUT2D eigenvalue weighted by molar-refractivity contribution is 5.89. The second kappa shape index (κ2) is 2.56. The van der Waals surface area contributed by atoms with Crippen molar-refractivity contribution in [2.75, 3.05) is 0 Å². The summed E-state index contributed by atoms with van der Waals surface area (Å²) in [5, 5.41) is 4.30. The van der Waals surface area contributed by atoms with Crippen molar-refractivity contribution in [3.8, 4) is 0 Å². The van der Waals surface area contributed by atoms with Gasteiger partial charge in [0.2, 0.25) is 5.91 Å². The van der Waals surface area contributed by atoms with Crippen molar-refractivity contribution in [1.29, 1.82) is 0 Å². The van der Waals surface area contributed by atoms with Gasteiger partial charge in [-0.05, 0) is 5.53 Å². The molecule has 0 spiro atoms. The third-order valence-electron chi connectivity index (χ3n) is 1.41. The third-order valence-corrected chi connectivity index (χ3v) is 1.41. The van der Waals surface area contributed by atoms with Gasteiger partial charge in [-0.25, -0.2) is 0 Å². The normalized spacial score (nSPS) is 28.4. The van der Waals surface area contributed by atoms with Crippen LogP contribution in [0.4, 0.5) is 13.2 Å². The van der Waals surface area contributed by atoms with Crippen LogP contribution in [0.25, 0.3) is 10.4 Å². The van der Waals surface area contributed by atoms with Crippen molar-refractivity contribution < 1.29 is 18.0 Å². The van der Waals surface area contributed by atoms with Crippen molar-refractivity contribution in [2.45, 2.75) is 18.3 Å². The van der Waals surface area contributed by atoms with Crippen LogP contribution in [0.15, 0.2) is 5.11 Å². The van der Waals surface area contributed by atoms with Gasteiger partial charge in [-0.1, -0.05) is 5.11 Å². The van der Waals surface area contributed by atoms with Crippen molar-refractivity contribution in [3.05, 3.63) is 10.4 Å². The van der Waals surface area contributed by atoms with Crippen molar-refractivity contribution in [3.63, 3.8) is 0 Å². The van der Waals surface area contributed by atoms with Crippen molar-refractivity contribution >= 4 is 5.91 Å². The molecule has 66 valence electrons. The Bertz CT molecular complexity index is 254. The van der Waals surface area contributed by atoms with E-state index < -0.39 is 24.2 Å². The number of carbonyl (C=O) groups excluding carboxylic acids is 1. The van der Waals surface area contributed by atoms with Crippen LogP contribution in [0.1, 0.15) is 0 Å². The van der Waals surface area contributed by atoms with Gasteiger partial charge < -0.3 is 5.32 Å². The Hall–Kier alpha value is -1.43. The van der Waals surface area contributed by atoms with Gasteiger partial charge in [0.1, 0.15) is 12.1 Å². The lowest BCUT2D eigenvalue weighted by atomic mass is 10.00. The summed E-state index contributed by atoms with van der Waals surface area (Å²) in [5.74, 6) is -0.893. The molecule has 1 fully saturated rings. The average Bonchev–Trinajstić information content (AvgIpc) is 1.93. The lowest BCUT2D eigenvalue weighted by molar-refractivity contribution is -0.184. The van der Waals surface area contributed by atoms with E-state index in [0.717, 1.165) is 0 Å². The number of amides is 1. The molecule has 1 saturated heterocycles. The summed E-state index contributed by atoms with van der Waals surface area (Å²) in [5.41, 5.74) is 7.81. The molecule has 0 aromatic heterocycles. The zero-order valence-electron chi connectivity index (χ0n) is 5.54. The highest BCUT2D eigenvalue weighted by atomic mass is 19.4. The van der Waals surface area contributed by atoms with E-state index in [0.29, 0.717) is 0 Å². The number of carbonyl (C=O) groups is 1. The maximum Gasteiger partial charge on any atom is 0.409 e. The first-order valence-electron chi connectivity index (χ1n) is 2.88. The maximum absolute atomic E-state index is 11.8. The first-order valence-corrected chi connectivity index (χ1v) is 2.88. The zero-order chi connectivity index (χ0) is 9.35. The number of hydrogen-bond donors (Lipinski definition) is 1. The lowest BCUT2D eigenvalue weighted by Gasteiger charge is -2.34. The molecule has 2 atom stereocenters. The molecule has 8 heteroatoms.